The van der Waals surface area contributed by atoms with Crippen molar-refractivity contribution in [3.63, 3.8) is 0 Å². The minimum absolute atomic E-state index is 0.128. The Morgan fingerprint density at radius 1 is 0.313 bits per heavy atom. The summed E-state index contributed by atoms with van der Waals surface area (Å²) in [5.74, 6) is 0. The molecule has 0 N–H and O–H groups in total. The molecular formula is C63H48N2OSi. The molecule has 0 saturated heterocycles. The van der Waals surface area contributed by atoms with Crippen LogP contribution in [-0.4, -0.2) is 8.07 Å². The third kappa shape index (κ3) is 6.71. The van der Waals surface area contributed by atoms with Crippen LogP contribution in [0.15, 0.2) is 259 Å². The van der Waals surface area contributed by atoms with Gasteiger partial charge < -0.3 is 14.2 Å². The smallest absolute Gasteiger partial charge is 0.179 e. The first-order valence-electron chi connectivity index (χ1n) is 23.2. The first-order chi connectivity index (χ1) is 33.0. The molecule has 0 fully saturated rings. The fourth-order valence-corrected chi connectivity index (χ4v) is 15.6. The monoisotopic (exact) mass is 876 g/mol. The molecule has 0 spiro atoms. The van der Waals surface area contributed by atoms with Crippen molar-refractivity contribution in [1.29, 1.82) is 0 Å². The summed E-state index contributed by atoms with van der Waals surface area (Å²) in [5.41, 5.74) is 13.6. The van der Waals surface area contributed by atoms with Gasteiger partial charge >= 0.3 is 0 Å². The summed E-state index contributed by atoms with van der Waals surface area (Å²) in [7, 11) is -2.99. The highest BCUT2D eigenvalue weighted by molar-refractivity contribution is 7.20. The van der Waals surface area contributed by atoms with Gasteiger partial charge in [-0.15, -0.1) is 0 Å². The van der Waals surface area contributed by atoms with Crippen molar-refractivity contribution in [1.82, 2.24) is 0 Å². The van der Waals surface area contributed by atoms with Crippen LogP contribution in [0.2, 0.25) is 0 Å². The highest BCUT2D eigenvalue weighted by Gasteiger charge is 2.42. The predicted molar refractivity (Wildman–Crippen MR) is 284 cm³/mol. The van der Waals surface area contributed by atoms with Crippen molar-refractivity contribution in [2.45, 2.75) is 19.3 Å². The summed E-state index contributed by atoms with van der Waals surface area (Å²) in [6.07, 6.45) is 0. The second-order valence-electron chi connectivity index (χ2n) is 18.1. The standard InChI is InChI=1S/C63H48N2OSi/c1-63(2)59-32-17-15-30-55(59)56-40-36-50(44-60(56)63)65(46-22-9-4-10-23-46)48-24-19-29-54(42-48)67(51-25-11-5-12-26-51,52-27-13-6-14-28-52)53-38-34-47(35-39-53)64(45-20-7-3-8-21-45)49-37-41-62-58(43-49)57-31-16-18-33-61(57)66-62/h3-44H,1-2H3. The molecule has 1 aliphatic rings. The van der Waals surface area contributed by atoms with Crippen LogP contribution in [0, 0.1) is 0 Å². The summed E-state index contributed by atoms with van der Waals surface area (Å²) < 4.78 is 6.27. The molecular weight excluding hydrogens is 829 g/mol. The lowest BCUT2D eigenvalue weighted by atomic mass is 9.82. The Hall–Kier alpha value is -8.18. The van der Waals surface area contributed by atoms with E-state index in [9.17, 15) is 0 Å². The van der Waals surface area contributed by atoms with Crippen LogP contribution in [0.25, 0.3) is 33.1 Å². The quantitative estimate of drug-likeness (QED) is 0.101. The maximum absolute atomic E-state index is 6.27. The maximum Gasteiger partial charge on any atom is 0.179 e. The van der Waals surface area contributed by atoms with Gasteiger partial charge in [0.25, 0.3) is 0 Å². The van der Waals surface area contributed by atoms with E-state index in [4.69, 9.17) is 4.42 Å². The van der Waals surface area contributed by atoms with Crippen LogP contribution < -0.4 is 30.5 Å². The normalized spacial score (nSPS) is 12.7. The van der Waals surface area contributed by atoms with E-state index in [-0.39, 0.29) is 5.41 Å². The molecule has 320 valence electrons. The summed E-state index contributed by atoms with van der Waals surface area (Å²) >= 11 is 0. The average Bonchev–Trinajstić information content (AvgIpc) is 3.87. The molecule has 0 saturated carbocycles. The number of rotatable bonds is 10. The molecule has 0 unspecified atom stereocenters. The van der Waals surface area contributed by atoms with Crippen LogP contribution in [0.1, 0.15) is 25.0 Å². The van der Waals surface area contributed by atoms with Crippen molar-refractivity contribution in [2.24, 2.45) is 0 Å². The predicted octanol–water partition coefficient (Wildman–Crippen LogP) is 14.2. The molecule has 67 heavy (non-hydrogen) atoms. The molecule has 0 atom stereocenters. The number of nitrogens with zero attached hydrogens (tertiary/aromatic N) is 2. The summed E-state index contributed by atoms with van der Waals surface area (Å²) in [6.45, 7) is 4.72. The van der Waals surface area contributed by atoms with E-state index in [1.807, 2.05) is 12.1 Å². The third-order valence-corrected chi connectivity index (χ3v) is 18.8. The highest BCUT2D eigenvalue weighted by atomic mass is 28.3. The molecule has 0 amide bonds. The zero-order chi connectivity index (χ0) is 45.0. The fraction of sp³-hybridized carbons (Fsp3) is 0.0476. The number of fused-ring (bicyclic) bond motifs is 6. The fourth-order valence-electron chi connectivity index (χ4n) is 10.8. The molecule has 12 rings (SSSR count). The second kappa shape index (κ2) is 16.4. The average molecular weight is 877 g/mol. The molecule has 1 aromatic heterocycles. The minimum Gasteiger partial charge on any atom is -0.456 e. The lowest BCUT2D eigenvalue weighted by Gasteiger charge is -2.36. The number of hydrogen-bond acceptors (Lipinski definition) is 3. The van der Waals surface area contributed by atoms with Crippen molar-refractivity contribution in [3.05, 3.63) is 266 Å². The molecule has 3 nitrogen and oxygen atoms in total. The lowest BCUT2D eigenvalue weighted by molar-refractivity contribution is 0.660. The molecule has 0 radical (unpaired) electrons. The van der Waals surface area contributed by atoms with E-state index < -0.39 is 8.07 Å². The molecule has 1 aliphatic carbocycles. The molecule has 11 aromatic rings. The molecule has 10 aromatic carbocycles. The Morgan fingerprint density at radius 3 is 1.45 bits per heavy atom. The van der Waals surface area contributed by atoms with Crippen molar-refractivity contribution in [2.75, 3.05) is 9.80 Å². The molecule has 0 bridgehead atoms. The molecule has 0 aliphatic heterocycles. The van der Waals surface area contributed by atoms with E-state index in [0.717, 1.165) is 56.1 Å². The van der Waals surface area contributed by atoms with Gasteiger partial charge in [0.05, 0.1) is 0 Å². The second-order valence-corrected chi connectivity index (χ2v) is 21.9. The van der Waals surface area contributed by atoms with Gasteiger partial charge in [0.15, 0.2) is 8.07 Å². The van der Waals surface area contributed by atoms with Crippen LogP contribution >= 0.6 is 0 Å². The van der Waals surface area contributed by atoms with Gasteiger partial charge in [-0.05, 0) is 128 Å². The van der Waals surface area contributed by atoms with Crippen LogP contribution in [0.3, 0.4) is 0 Å². The van der Waals surface area contributed by atoms with Crippen LogP contribution in [0.5, 0.6) is 0 Å². The van der Waals surface area contributed by atoms with Gasteiger partial charge in [-0.3, -0.25) is 0 Å². The number of benzene rings is 10. The lowest BCUT2D eigenvalue weighted by Crippen LogP contribution is -2.74. The van der Waals surface area contributed by atoms with Gasteiger partial charge in [-0.1, -0.05) is 184 Å². The topological polar surface area (TPSA) is 19.6 Å². The number of furan rings is 1. The van der Waals surface area contributed by atoms with E-state index in [1.54, 1.807) is 0 Å². The van der Waals surface area contributed by atoms with Crippen molar-refractivity contribution < 1.29 is 4.42 Å². The van der Waals surface area contributed by atoms with Gasteiger partial charge in [0.1, 0.15) is 11.2 Å². The van der Waals surface area contributed by atoms with Crippen LogP contribution in [-0.2, 0) is 5.41 Å². The third-order valence-electron chi connectivity index (χ3n) is 14.0. The minimum atomic E-state index is -2.99. The largest absolute Gasteiger partial charge is 0.456 e. The number of para-hydroxylation sites is 3. The van der Waals surface area contributed by atoms with Gasteiger partial charge in [0.2, 0.25) is 0 Å². The van der Waals surface area contributed by atoms with Crippen molar-refractivity contribution >= 4 is 84.9 Å². The SMILES string of the molecule is CC1(C)c2ccccc2-c2ccc(N(c3ccccc3)c3cccc([Si](c4ccccc4)(c4ccccc4)c4ccc(N(c5ccccc5)c5ccc6oc7ccccc7c6c5)cc4)c3)cc21. The Morgan fingerprint density at radius 2 is 0.761 bits per heavy atom. The highest BCUT2D eigenvalue weighted by Crippen LogP contribution is 2.50. The first-order valence-corrected chi connectivity index (χ1v) is 25.2. The zero-order valence-electron chi connectivity index (χ0n) is 37.6. The van der Waals surface area contributed by atoms with Gasteiger partial charge in [-0.2, -0.15) is 0 Å². The van der Waals surface area contributed by atoms with Gasteiger partial charge in [-0.25, -0.2) is 0 Å². The van der Waals surface area contributed by atoms with Crippen LogP contribution in [0.4, 0.5) is 34.1 Å². The van der Waals surface area contributed by atoms with E-state index in [1.165, 1.54) is 43.0 Å². The Balaban J connectivity index is 1.04. The maximum atomic E-state index is 6.27. The Kier molecular flexibility index (Phi) is 9.85. The Bertz CT molecular complexity index is 3510. The molecule has 4 heteroatoms. The van der Waals surface area contributed by atoms with E-state index >= 15 is 0 Å². The number of anilines is 6. The van der Waals surface area contributed by atoms with Gasteiger partial charge in [0, 0.05) is 50.3 Å². The zero-order valence-corrected chi connectivity index (χ0v) is 38.6. The summed E-state index contributed by atoms with van der Waals surface area (Å²) in [4.78, 5) is 4.80. The molecule has 1 heterocycles. The van der Waals surface area contributed by atoms with Crippen molar-refractivity contribution in [3.8, 4) is 11.1 Å². The van der Waals surface area contributed by atoms with E-state index in [2.05, 4.69) is 266 Å². The first kappa shape index (κ1) is 40.3. The Labute approximate surface area is 393 Å². The van der Waals surface area contributed by atoms with E-state index in [0.29, 0.717) is 0 Å². The summed E-state index contributed by atoms with van der Waals surface area (Å²) in [5, 5.41) is 7.48. The number of hydrogen-bond donors (Lipinski definition) is 0. The summed E-state index contributed by atoms with van der Waals surface area (Å²) in [6, 6.07) is 93.5.